The van der Waals surface area contributed by atoms with Gasteiger partial charge in [-0.15, -0.1) is 0 Å². The molecule has 0 aliphatic carbocycles. The zero-order chi connectivity index (χ0) is 15.5. The maximum absolute atomic E-state index is 14.3. The Kier molecular flexibility index (Phi) is 5.36. The van der Waals surface area contributed by atoms with Crippen molar-refractivity contribution in [1.82, 2.24) is 4.90 Å². The smallest absolute Gasteiger partial charge is 0.128 e. The Balaban J connectivity index is 2.31. The second-order valence-electron chi connectivity index (χ2n) is 6.27. The van der Waals surface area contributed by atoms with Crippen molar-refractivity contribution in [3.8, 4) is 0 Å². The Bertz CT molecular complexity index is 468. The first kappa shape index (κ1) is 16.4. The lowest BCUT2D eigenvalue weighted by Crippen LogP contribution is -2.52. The quantitative estimate of drug-likeness (QED) is 0.907. The van der Waals surface area contributed by atoms with Crippen molar-refractivity contribution in [2.75, 3.05) is 20.2 Å². The van der Waals surface area contributed by atoms with Crippen LogP contribution in [0.1, 0.15) is 44.7 Å². The van der Waals surface area contributed by atoms with Crippen LogP contribution in [0.3, 0.4) is 0 Å². The Morgan fingerprint density at radius 1 is 1.43 bits per heavy atom. The number of likely N-dealkylation sites (tertiary alicyclic amines) is 1. The number of halogens is 1. The van der Waals surface area contributed by atoms with Gasteiger partial charge in [-0.1, -0.05) is 25.1 Å². The highest BCUT2D eigenvalue weighted by atomic mass is 19.1. The summed E-state index contributed by atoms with van der Waals surface area (Å²) in [5.74, 6) is -0.170. The van der Waals surface area contributed by atoms with E-state index in [9.17, 15) is 4.39 Å². The molecule has 0 amide bonds. The minimum absolute atomic E-state index is 0.0823. The SMILES string of the molecule is CCC(N)C(c1ccccc1F)N1CCCC(C)(OC)C1. The maximum atomic E-state index is 14.3. The molecule has 3 unspecified atom stereocenters. The molecule has 1 fully saturated rings. The normalized spacial score (nSPS) is 26.5. The van der Waals surface area contributed by atoms with Crippen LogP contribution in [0.2, 0.25) is 0 Å². The molecule has 1 heterocycles. The predicted octanol–water partition coefficient (Wildman–Crippen LogP) is 3.11. The van der Waals surface area contributed by atoms with E-state index in [1.54, 1.807) is 13.2 Å². The molecule has 1 aromatic rings. The third kappa shape index (κ3) is 3.62. The highest BCUT2D eigenvalue weighted by Crippen LogP contribution is 2.33. The summed E-state index contributed by atoms with van der Waals surface area (Å²) in [6.45, 7) is 5.90. The molecule has 1 aliphatic heterocycles. The van der Waals surface area contributed by atoms with Gasteiger partial charge in [0, 0.05) is 25.3 Å². The van der Waals surface area contributed by atoms with Gasteiger partial charge in [0.25, 0.3) is 0 Å². The second kappa shape index (κ2) is 6.86. The molecule has 2 rings (SSSR count). The van der Waals surface area contributed by atoms with Gasteiger partial charge < -0.3 is 10.5 Å². The van der Waals surface area contributed by atoms with Gasteiger partial charge in [-0.2, -0.15) is 0 Å². The molecule has 3 atom stereocenters. The maximum Gasteiger partial charge on any atom is 0.128 e. The molecule has 0 radical (unpaired) electrons. The molecule has 3 nitrogen and oxygen atoms in total. The van der Waals surface area contributed by atoms with Crippen LogP contribution >= 0.6 is 0 Å². The van der Waals surface area contributed by atoms with Crippen molar-refractivity contribution in [1.29, 1.82) is 0 Å². The van der Waals surface area contributed by atoms with Crippen LogP contribution in [0.25, 0.3) is 0 Å². The molecule has 4 heteroatoms. The lowest BCUT2D eigenvalue weighted by molar-refractivity contribution is -0.0647. The number of hydrogen-bond acceptors (Lipinski definition) is 3. The number of piperidine rings is 1. The number of ether oxygens (including phenoxy) is 1. The van der Waals surface area contributed by atoms with E-state index in [1.807, 2.05) is 12.1 Å². The molecular formula is C17H27FN2O. The zero-order valence-electron chi connectivity index (χ0n) is 13.3. The standard InChI is InChI=1S/C17H27FN2O/c1-4-15(19)16(13-8-5-6-9-14(13)18)20-11-7-10-17(2,12-20)21-3/h5-6,8-9,15-16H,4,7,10-12,19H2,1-3H3. The fraction of sp³-hybridized carbons (Fsp3) is 0.647. The first-order valence-electron chi connectivity index (χ1n) is 7.80. The average molecular weight is 294 g/mol. The van der Waals surface area contributed by atoms with E-state index >= 15 is 0 Å². The molecule has 2 N–H and O–H groups in total. The summed E-state index contributed by atoms with van der Waals surface area (Å²) < 4.78 is 19.9. The lowest BCUT2D eigenvalue weighted by Gasteiger charge is -2.45. The molecule has 0 spiro atoms. The van der Waals surface area contributed by atoms with Crippen molar-refractivity contribution >= 4 is 0 Å². The van der Waals surface area contributed by atoms with Gasteiger partial charge in [0.15, 0.2) is 0 Å². The number of methoxy groups -OCH3 is 1. The predicted molar refractivity (Wildman–Crippen MR) is 83.6 cm³/mol. The monoisotopic (exact) mass is 294 g/mol. The van der Waals surface area contributed by atoms with Crippen molar-refractivity contribution in [3.05, 3.63) is 35.6 Å². The summed E-state index contributed by atoms with van der Waals surface area (Å²) in [6, 6.07) is 6.81. The summed E-state index contributed by atoms with van der Waals surface area (Å²) in [7, 11) is 1.75. The van der Waals surface area contributed by atoms with E-state index in [0.717, 1.165) is 32.4 Å². The van der Waals surface area contributed by atoms with Crippen LogP contribution in [-0.4, -0.2) is 36.7 Å². The molecule has 0 saturated carbocycles. The van der Waals surface area contributed by atoms with E-state index in [-0.39, 0.29) is 23.5 Å². The Hall–Kier alpha value is -0.970. The van der Waals surface area contributed by atoms with Crippen LogP contribution in [0.4, 0.5) is 4.39 Å². The van der Waals surface area contributed by atoms with Crippen molar-refractivity contribution in [2.24, 2.45) is 5.73 Å². The topological polar surface area (TPSA) is 38.5 Å². The summed E-state index contributed by atoms with van der Waals surface area (Å²) in [6.07, 6.45) is 2.90. The van der Waals surface area contributed by atoms with Crippen LogP contribution in [0, 0.1) is 5.82 Å². The minimum Gasteiger partial charge on any atom is -0.377 e. The van der Waals surface area contributed by atoms with Gasteiger partial charge in [0.05, 0.1) is 11.6 Å². The fourth-order valence-electron chi connectivity index (χ4n) is 3.28. The zero-order valence-corrected chi connectivity index (χ0v) is 13.3. The largest absolute Gasteiger partial charge is 0.377 e. The van der Waals surface area contributed by atoms with Crippen LogP contribution in [0.5, 0.6) is 0 Å². The average Bonchev–Trinajstić information content (AvgIpc) is 2.49. The second-order valence-corrected chi connectivity index (χ2v) is 6.27. The van der Waals surface area contributed by atoms with E-state index in [2.05, 4.69) is 18.7 Å². The number of benzene rings is 1. The summed E-state index contributed by atoms with van der Waals surface area (Å²) >= 11 is 0. The van der Waals surface area contributed by atoms with Crippen LogP contribution < -0.4 is 5.73 Å². The van der Waals surface area contributed by atoms with Gasteiger partial charge in [0.2, 0.25) is 0 Å². The molecule has 1 aliphatic rings. The fourth-order valence-corrected chi connectivity index (χ4v) is 3.28. The van der Waals surface area contributed by atoms with Gasteiger partial charge in [-0.3, -0.25) is 4.90 Å². The first-order valence-corrected chi connectivity index (χ1v) is 7.80. The molecule has 1 aromatic carbocycles. The first-order chi connectivity index (χ1) is 10.0. The Morgan fingerprint density at radius 3 is 2.76 bits per heavy atom. The number of hydrogen-bond donors (Lipinski definition) is 1. The minimum atomic E-state index is -0.171. The summed E-state index contributed by atoms with van der Waals surface area (Å²) in [5.41, 5.74) is 6.86. The third-order valence-corrected chi connectivity index (χ3v) is 4.68. The molecule has 21 heavy (non-hydrogen) atoms. The Labute approximate surface area is 127 Å². The van der Waals surface area contributed by atoms with E-state index in [0.29, 0.717) is 5.56 Å². The summed E-state index contributed by atoms with van der Waals surface area (Å²) in [5, 5.41) is 0. The van der Waals surface area contributed by atoms with Crippen molar-refractivity contribution in [2.45, 2.75) is 50.8 Å². The molecular weight excluding hydrogens is 267 g/mol. The highest BCUT2D eigenvalue weighted by Gasteiger charge is 2.37. The lowest BCUT2D eigenvalue weighted by atomic mass is 9.89. The van der Waals surface area contributed by atoms with E-state index in [1.165, 1.54) is 6.07 Å². The molecule has 1 saturated heterocycles. The summed E-state index contributed by atoms with van der Waals surface area (Å²) in [4.78, 5) is 2.29. The van der Waals surface area contributed by atoms with Gasteiger partial charge in [-0.25, -0.2) is 4.39 Å². The van der Waals surface area contributed by atoms with Crippen LogP contribution in [0.15, 0.2) is 24.3 Å². The highest BCUT2D eigenvalue weighted by molar-refractivity contribution is 5.23. The van der Waals surface area contributed by atoms with Gasteiger partial charge in [0.1, 0.15) is 5.82 Å². The van der Waals surface area contributed by atoms with E-state index < -0.39 is 0 Å². The third-order valence-electron chi connectivity index (χ3n) is 4.68. The number of rotatable bonds is 5. The number of nitrogens with two attached hydrogens (primary N) is 1. The Morgan fingerprint density at radius 2 is 2.14 bits per heavy atom. The van der Waals surface area contributed by atoms with Gasteiger partial charge >= 0.3 is 0 Å². The van der Waals surface area contributed by atoms with Crippen molar-refractivity contribution in [3.63, 3.8) is 0 Å². The molecule has 118 valence electrons. The van der Waals surface area contributed by atoms with Gasteiger partial charge in [-0.05, 0) is 38.8 Å². The van der Waals surface area contributed by atoms with E-state index in [4.69, 9.17) is 10.5 Å². The molecule has 0 bridgehead atoms. The molecule has 0 aromatic heterocycles. The van der Waals surface area contributed by atoms with Crippen molar-refractivity contribution < 1.29 is 9.13 Å². The van der Waals surface area contributed by atoms with Crippen LogP contribution in [-0.2, 0) is 4.74 Å². The number of nitrogens with zero attached hydrogens (tertiary/aromatic N) is 1.